The number of alkyl halides is 6. The quantitative estimate of drug-likeness (QED) is 0.848. The van der Waals surface area contributed by atoms with Gasteiger partial charge in [-0.05, 0) is 18.6 Å². The van der Waals surface area contributed by atoms with Crippen molar-refractivity contribution in [1.82, 2.24) is 10.3 Å². The molecule has 1 saturated heterocycles. The van der Waals surface area contributed by atoms with E-state index in [-0.39, 0.29) is 18.8 Å². The first-order chi connectivity index (χ1) is 10.1. The molecule has 1 aromatic rings. The van der Waals surface area contributed by atoms with Crippen LogP contribution >= 0.6 is 0 Å². The van der Waals surface area contributed by atoms with Gasteiger partial charge in [-0.3, -0.25) is 4.79 Å². The zero-order valence-electron chi connectivity index (χ0n) is 11.0. The Hall–Kier alpha value is -2.00. The maximum Gasteiger partial charge on any atom is 0.471 e. The van der Waals surface area contributed by atoms with Crippen LogP contribution in [0.2, 0.25) is 0 Å². The fraction of sp³-hybridized carbons (Fsp3) is 0.500. The lowest BCUT2D eigenvalue weighted by Gasteiger charge is -2.19. The highest BCUT2D eigenvalue weighted by molar-refractivity contribution is 5.82. The molecule has 0 radical (unpaired) electrons. The van der Waals surface area contributed by atoms with E-state index in [1.165, 1.54) is 4.90 Å². The number of carbonyl (C=O) groups excluding carboxylic acids is 1. The molecule has 0 aliphatic carbocycles. The summed E-state index contributed by atoms with van der Waals surface area (Å²) in [5.41, 5.74) is -0.905. The highest BCUT2D eigenvalue weighted by Gasteiger charge is 2.40. The number of halogens is 6. The van der Waals surface area contributed by atoms with Crippen LogP contribution in [0.3, 0.4) is 0 Å². The maximum absolute atomic E-state index is 12.4. The minimum Gasteiger partial charge on any atom is -0.354 e. The molecule has 1 aliphatic rings. The van der Waals surface area contributed by atoms with E-state index in [1.807, 2.05) is 5.32 Å². The summed E-state index contributed by atoms with van der Waals surface area (Å²) in [5.74, 6) is -1.81. The second kappa shape index (κ2) is 5.65. The Bertz CT molecular complexity index is 539. The van der Waals surface area contributed by atoms with Crippen LogP contribution in [0, 0.1) is 0 Å². The molecule has 4 nitrogen and oxygen atoms in total. The minimum atomic E-state index is -4.96. The molecule has 1 atom stereocenters. The molecular weight excluding hydrogens is 316 g/mol. The second-order valence-corrected chi connectivity index (χ2v) is 4.81. The van der Waals surface area contributed by atoms with Gasteiger partial charge in [-0.15, -0.1) is 0 Å². The summed E-state index contributed by atoms with van der Waals surface area (Å²) in [4.78, 5) is 16.0. The number of hydrogen-bond acceptors (Lipinski definition) is 3. The van der Waals surface area contributed by atoms with Gasteiger partial charge in [0.2, 0.25) is 0 Å². The van der Waals surface area contributed by atoms with Gasteiger partial charge in [0, 0.05) is 25.3 Å². The van der Waals surface area contributed by atoms with Crippen LogP contribution in [0.15, 0.2) is 18.3 Å². The molecule has 0 aromatic carbocycles. The number of hydrogen-bond donors (Lipinski definition) is 1. The van der Waals surface area contributed by atoms with Crippen LogP contribution < -0.4 is 10.2 Å². The summed E-state index contributed by atoms with van der Waals surface area (Å²) in [7, 11) is 0. The van der Waals surface area contributed by atoms with Crippen molar-refractivity contribution in [2.75, 3.05) is 18.0 Å². The fourth-order valence-electron chi connectivity index (χ4n) is 2.09. The molecule has 1 aliphatic heterocycles. The van der Waals surface area contributed by atoms with E-state index in [9.17, 15) is 31.1 Å². The SMILES string of the molecule is O=C(NC1CCN(c2ccc(C(F)(F)F)cn2)C1)C(F)(F)F. The Morgan fingerprint density at radius 1 is 1.23 bits per heavy atom. The Morgan fingerprint density at radius 3 is 2.41 bits per heavy atom. The van der Waals surface area contributed by atoms with Crippen molar-refractivity contribution >= 4 is 11.7 Å². The molecule has 1 aromatic heterocycles. The first-order valence-corrected chi connectivity index (χ1v) is 6.23. The third-order valence-corrected chi connectivity index (χ3v) is 3.18. The van der Waals surface area contributed by atoms with E-state index in [0.717, 1.165) is 12.1 Å². The lowest BCUT2D eigenvalue weighted by molar-refractivity contribution is -0.174. The lowest BCUT2D eigenvalue weighted by atomic mass is 10.2. The van der Waals surface area contributed by atoms with Gasteiger partial charge in [-0.1, -0.05) is 0 Å². The molecule has 0 saturated carbocycles. The van der Waals surface area contributed by atoms with Gasteiger partial charge in [-0.2, -0.15) is 26.3 Å². The van der Waals surface area contributed by atoms with Gasteiger partial charge in [-0.25, -0.2) is 4.98 Å². The average Bonchev–Trinajstić information content (AvgIpc) is 2.85. The van der Waals surface area contributed by atoms with Gasteiger partial charge in [0.15, 0.2) is 0 Å². The van der Waals surface area contributed by atoms with Crippen LogP contribution in [0.5, 0.6) is 0 Å². The van der Waals surface area contributed by atoms with E-state index in [2.05, 4.69) is 4.98 Å². The first-order valence-electron chi connectivity index (χ1n) is 6.23. The predicted octanol–water partition coefficient (Wildman–Crippen LogP) is 2.36. The minimum absolute atomic E-state index is 0.0557. The van der Waals surface area contributed by atoms with Gasteiger partial charge < -0.3 is 10.2 Å². The fourth-order valence-corrected chi connectivity index (χ4v) is 2.09. The second-order valence-electron chi connectivity index (χ2n) is 4.81. The average molecular weight is 327 g/mol. The summed E-state index contributed by atoms with van der Waals surface area (Å²) in [5, 5.41) is 1.84. The standard InChI is InChI=1S/C12H11F6N3O/c13-11(14,15)7-1-2-9(19-5-7)21-4-3-8(6-21)20-10(22)12(16,17)18/h1-2,5,8H,3-4,6H2,(H,20,22). The topological polar surface area (TPSA) is 45.2 Å². The third kappa shape index (κ3) is 3.80. The normalized spacial score (nSPS) is 19.4. The zero-order chi connectivity index (χ0) is 16.5. The summed E-state index contributed by atoms with van der Waals surface area (Å²) in [6.07, 6.45) is -8.54. The van der Waals surface area contributed by atoms with Crippen molar-refractivity contribution in [2.24, 2.45) is 0 Å². The molecule has 22 heavy (non-hydrogen) atoms. The van der Waals surface area contributed by atoms with E-state index >= 15 is 0 Å². The summed E-state index contributed by atoms with van der Waals surface area (Å²) in [6, 6.07) is 1.28. The lowest BCUT2D eigenvalue weighted by Crippen LogP contribution is -2.44. The van der Waals surface area contributed by atoms with Crippen molar-refractivity contribution in [3.63, 3.8) is 0 Å². The molecule has 0 bridgehead atoms. The Kier molecular flexibility index (Phi) is 4.21. The number of anilines is 1. The van der Waals surface area contributed by atoms with Gasteiger partial charge in [0.05, 0.1) is 5.56 Å². The monoisotopic (exact) mass is 327 g/mol. The number of aromatic nitrogens is 1. The molecule has 122 valence electrons. The number of amides is 1. The van der Waals surface area contributed by atoms with Crippen LogP contribution in [0.1, 0.15) is 12.0 Å². The van der Waals surface area contributed by atoms with Gasteiger partial charge >= 0.3 is 18.3 Å². The largest absolute Gasteiger partial charge is 0.471 e. The molecule has 1 N–H and O–H groups in total. The number of pyridine rings is 1. The van der Waals surface area contributed by atoms with E-state index in [1.54, 1.807) is 0 Å². The van der Waals surface area contributed by atoms with E-state index in [4.69, 9.17) is 0 Å². The van der Waals surface area contributed by atoms with Crippen molar-refractivity contribution < 1.29 is 31.1 Å². The van der Waals surface area contributed by atoms with Crippen molar-refractivity contribution in [3.8, 4) is 0 Å². The highest BCUT2D eigenvalue weighted by atomic mass is 19.4. The molecule has 1 fully saturated rings. The van der Waals surface area contributed by atoms with E-state index < -0.39 is 29.9 Å². The predicted molar refractivity (Wildman–Crippen MR) is 64.1 cm³/mol. The van der Waals surface area contributed by atoms with Crippen molar-refractivity contribution in [1.29, 1.82) is 0 Å². The van der Waals surface area contributed by atoms with Crippen molar-refractivity contribution in [3.05, 3.63) is 23.9 Å². The number of nitrogens with zero attached hydrogens (tertiary/aromatic N) is 2. The Labute approximate surface area is 121 Å². The molecule has 2 rings (SSSR count). The Morgan fingerprint density at radius 2 is 1.91 bits per heavy atom. The third-order valence-electron chi connectivity index (χ3n) is 3.18. The summed E-state index contributed by atoms with van der Waals surface area (Å²) < 4.78 is 73.6. The van der Waals surface area contributed by atoms with Crippen LogP contribution in [-0.2, 0) is 11.0 Å². The number of carbonyl (C=O) groups is 1. The summed E-state index contributed by atoms with van der Waals surface area (Å²) in [6.45, 7) is 0.349. The smallest absolute Gasteiger partial charge is 0.354 e. The Balaban J connectivity index is 1.97. The number of nitrogens with one attached hydrogen (secondary N) is 1. The molecule has 1 unspecified atom stereocenters. The highest BCUT2D eigenvalue weighted by Crippen LogP contribution is 2.30. The zero-order valence-corrected chi connectivity index (χ0v) is 11.0. The van der Waals surface area contributed by atoms with Gasteiger partial charge in [0.1, 0.15) is 5.82 Å². The number of rotatable bonds is 2. The van der Waals surface area contributed by atoms with E-state index in [0.29, 0.717) is 12.7 Å². The molecule has 1 amide bonds. The molecule has 10 heteroatoms. The molecule has 0 spiro atoms. The van der Waals surface area contributed by atoms with Crippen LogP contribution in [-0.4, -0.2) is 36.2 Å². The maximum atomic E-state index is 12.4. The summed E-state index contributed by atoms with van der Waals surface area (Å²) >= 11 is 0. The van der Waals surface area contributed by atoms with Crippen LogP contribution in [0.25, 0.3) is 0 Å². The van der Waals surface area contributed by atoms with Crippen molar-refractivity contribution in [2.45, 2.75) is 24.8 Å². The molecule has 2 heterocycles. The van der Waals surface area contributed by atoms with Gasteiger partial charge in [0.25, 0.3) is 0 Å². The first kappa shape index (κ1) is 16.4. The molecular formula is C12H11F6N3O. The van der Waals surface area contributed by atoms with Crippen LogP contribution in [0.4, 0.5) is 32.2 Å².